The minimum atomic E-state index is 0.977. The van der Waals surface area contributed by atoms with Gasteiger partial charge in [0, 0.05) is 0 Å². The van der Waals surface area contributed by atoms with Crippen molar-refractivity contribution < 1.29 is 0 Å². The number of fused-ring (bicyclic) bond motifs is 2. The number of benzene rings is 2. The summed E-state index contributed by atoms with van der Waals surface area (Å²) in [6, 6.07) is 12.4. The van der Waals surface area contributed by atoms with E-state index in [4.69, 9.17) is 0 Å². The van der Waals surface area contributed by atoms with Gasteiger partial charge < -0.3 is 9.97 Å². The molecule has 0 fully saturated rings. The van der Waals surface area contributed by atoms with Crippen LogP contribution in [0.4, 0.5) is 0 Å². The Labute approximate surface area is 129 Å². The summed E-state index contributed by atoms with van der Waals surface area (Å²) in [6.07, 6.45) is 0. The zero-order chi connectivity index (χ0) is 15.7. The summed E-state index contributed by atoms with van der Waals surface area (Å²) in [5.41, 5.74) is 6.88. The quantitative estimate of drug-likeness (QED) is 0.506. The van der Waals surface area contributed by atoms with E-state index in [0.717, 1.165) is 33.7 Å². The lowest BCUT2D eigenvalue weighted by Gasteiger charge is -1.89. The highest BCUT2D eigenvalue weighted by Crippen LogP contribution is 2.13. The molecule has 4 rings (SSSR count). The lowest BCUT2D eigenvalue weighted by molar-refractivity contribution is 1.17. The van der Waals surface area contributed by atoms with Gasteiger partial charge in [-0.2, -0.15) is 0 Å². The molecule has 2 heterocycles. The van der Waals surface area contributed by atoms with E-state index in [1.165, 1.54) is 11.1 Å². The molecular formula is C18H20N4. The maximum atomic E-state index is 4.30. The Hall–Kier alpha value is -2.62. The average Bonchev–Trinajstić information content (AvgIpc) is 2.99. The highest BCUT2D eigenvalue weighted by atomic mass is 14.9. The van der Waals surface area contributed by atoms with Crippen LogP contribution in [-0.4, -0.2) is 19.9 Å². The fraction of sp³-hybridized carbons (Fsp3) is 0.222. The van der Waals surface area contributed by atoms with Crippen LogP contribution in [-0.2, 0) is 0 Å². The van der Waals surface area contributed by atoms with E-state index in [-0.39, 0.29) is 0 Å². The largest absolute Gasteiger partial charge is 0.342 e. The number of aryl methyl sites for hydroxylation is 4. The van der Waals surface area contributed by atoms with Gasteiger partial charge in [-0.3, -0.25) is 0 Å². The first-order valence-electron chi connectivity index (χ1n) is 7.37. The minimum Gasteiger partial charge on any atom is -0.342 e. The molecule has 0 aliphatic heterocycles. The standard InChI is InChI=1S/2C9H10N2/c2*1-6-3-4-8-9(5-6)11-7(2)10-8/h2*3-5H,1-2H3,(H,10,11). The Morgan fingerprint density at radius 2 is 1.05 bits per heavy atom. The monoisotopic (exact) mass is 292 g/mol. The number of H-pyrrole nitrogens is 2. The summed E-state index contributed by atoms with van der Waals surface area (Å²) in [4.78, 5) is 15.0. The van der Waals surface area contributed by atoms with Gasteiger partial charge in [0.25, 0.3) is 0 Å². The number of nitrogens with one attached hydrogen (secondary N) is 2. The Balaban J connectivity index is 0.000000131. The normalized spacial score (nSPS) is 10.7. The molecule has 2 aromatic carbocycles. The number of aromatic nitrogens is 4. The van der Waals surface area contributed by atoms with Crippen molar-refractivity contribution in [3.63, 3.8) is 0 Å². The van der Waals surface area contributed by atoms with E-state index >= 15 is 0 Å². The zero-order valence-corrected chi connectivity index (χ0v) is 13.4. The first-order chi connectivity index (χ1) is 10.5. The zero-order valence-electron chi connectivity index (χ0n) is 13.4. The van der Waals surface area contributed by atoms with Crippen LogP contribution in [0.25, 0.3) is 22.1 Å². The van der Waals surface area contributed by atoms with Gasteiger partial charge in [-0.25, -0.2) is 9.97 Å². The third-order valence-corrected chi connectivity index (χ3v) is 3.51. The second kappa shape index (κ2) is 5.64. The third-order valence-electron chi connectivity index (χ3n) is 3.51. The lowest BCUT2D eigenvalue weighted by Crippen LogP contribution is -1.71. The van der Waals surface area contributed by atoms with Gasteiger partial charge in [-0.15, -0.1) is 0 Å². The van der Waals surface area contributed by atoms with Gasteiger partial charge in [-0.05, 0) is 63.1 Å². The molecule has 0 bridgehead atoms. The van der Waals surface area contributed by atoms with Gasteiger partial charge in [0.2, 0.25) is 0 Å². The van der Waals surface area contributed by atoms with Crippen LogP contribution in [0, 0.1) is 27.7 Å². The Morgan fingerprint density at radius 1 is 0.636 bits per heavy atom. The van der Waals surface area contributed by atoms with E-state index in [1.807, 2.05) is 26.0 Å². The van der Waals surface area contributed by atoms with Crippen molar-refractivity contribution in [2.45, 2.75) is 27.7 Å². The number of nitrogens with zero attached hydrogens (tertiary/aromatic N) is 2. The Kier molecular flexibility index (Phi) is 3.67. The summed E-state index contributed by atoms with van der Waals surface area (Å²) < 4.78 is 0. The van der Waals surface area contributed by atoms with Gasteiger partial charge in [-0.1, -0.05) is 12.1 Å². The second-order valence-corrected chi connectivity index (χ2v) is 5.69. The minimum absolute atomic E-state index is 0.977. The molecule has 4 heteroatoms. The predicted octanol–water partition coefficient (Wildman–Crippen LogP) is 4.36. The average molecular weight is 292 g/mol. The summed E-state index contributed by atoms with van der Waals surface area (Å²) in [5, 5.41) is 0. The maximum Gasteiger partial charge on any atom is 0.104 e. The van der Waals surface area contributed by atoms with Crippen LogP contribution in [0.3, 0.4) is 0 Å². The third kappa shape index (κ3) is 3.01. The Bertz CT molecular complexity index is 853. The lowest BCUT2D eigenvalue weighted by atomic mass is 10.2. The smallest absolute Gasteiger partial charge is 0.104 e. The molecule has 2 aromatic heterocycles. The number of rotatable bonds is 0. The SMILES string of the molecule is Cc1ccc2nc(C)[nH]c2c1.Cc1ccc2nc(C)[nH]c2c1. The summed E-state index contributed by atoms with van der Waals surface area (Å²) >= 11 is 0. The molecule has 0 saturated carbocycles. The highest BCUT2D eigenvalue weighted by molar-refractivity contribution is 5.76. The number of imidazole rings is 2. The Morgan fingerprint density at radius 3 is 1.45 bits per heavy atom. The van der Waals surface area contributed by atoms with Crippen LogP contribution in [0.15, 0.2) is 36.4 Å². The van der Waals surface area contributed by atoms with Crippen molar-refractivity contribution in [1.29, 1.82) is 0 Å². The van der Waals surface area contributed by atoms with Crippen LogP contribution >= 0.6 is 0 Å². The number of hydrogen-bond acceptors (Lipinski definition) is 2. The maximum absolute atomic E-state index is 4.30. The van der Waals surface area contributed by atoms with Crippen LogP contribution in [0.5, 0.6) is 0 Å². The molecular weight excluding hydrogens is 272 g/mol. The molecule has 0 radical (unpaired) electrons. The molecule has 0 amide bonds. The van der Waals surface area contributed by atoms with E-state index in [1.54, 1.807) is 0 Å². The molecule has 4 nitrogen and oxygen atoms in total. The number of hydrogen-bond donors (Lipinski definition) is 2. The topological polar surface area (TPSA) is 57.4 Å². The summed E-state index contributed by atoms with van der Waals surface area (Å²) in [7, 11) is 0. The van der Waals surface area contributed by atoms with Crippen molar-refractivity contribution >= 4 is 22.1 Å². The summed E-state index contributed by atoms with van der Waals surface area (Å²) in [6.45, 7) is 8.09. The molecule has 0 aliphatic rings. The van der Waals surface area contributed by atoms with Crippen molar-refractivity contribution in [3.05, 3.63) is 59.2 Å². The van der Waals surface area contributed by atoms with Gasteiger partial charge in [0.15, 0.2) is 0 Å². The van der Waals surface area contributed by atoms with Crippen LogP contribution in [0.2, 0.25) is 0 Å². The van der Waals surface area contributed by atoms with Gasteiger partial charge in [0.05, 0.1) is 22.1 Å². The van der Waals surface area contributed by atoms with E-state index in [9.17, 15) is 0 Å². The molecule has 112 valence electrons. The van der Waals surface area contributed by atoms with E-state index in [2.05, 4.69) is 58.0 Å². The molecule has 2 N–H and O–H groups in total. The van der Waals surface area contributed by atoms with Gasteiger partial charge in [0.1, 0.15) is 11.6 Å². The van der Waals surface area contributed by atoms with E-state index in [0.29, 0.717) is 0 Å². The molecule has 0 aliphatic carbocycles. The predicted molar refractivity (Wildman–Crippen MR) is 91.1 cm³/mol. The first kappa shape index (κ1) is 14.3. The molecule has 22 heavy (non-hydrogen) atoms. The molecule has 4 aromatic rings. The summed E-state index contributed by atoms with van der Waals surface area (Å²) in [5.74, 6) is 1.95. The molecule has 0 unspecified atom stereocenters. The van der Waals surface area contributed by atoms with Crippen molar-refractivity contribution in [3.8, 4) is 0 Å². The first-order valence-corrected chi connectivity index (χ1v) is 7.37. The molecule has 0 spiro atoms. The van der Waals surface area contributed by atoms with Crippen LogP contribution < -0.4 is 0 Å². The van der Waals surface area contributed by atoms with Crippen molar-refractivity contribution in [2.75, 3.05) is 0 Å². The number of aromatic amines is 2. The fourth-order valence-electron chi connectivity index (χ4n) is 2.50. The fourth-order valence-corrected chi connectivity index (χ4v) is 2.50. The van der Waals surface area contributed by atoms with Crippen LogP contribution in [0.1, 0.15) is 22.8 Å². The highest BCUT2D eigenvalue weighted by Gasteiger charge is 1.97. The molecule has 0 saturated heterocycles. The van der Waals surface area contributed by atoms with Gasteiger partial charge >= 0.3 is 0 Å². The second-order valence-electron chi connectivity index (χ2n) is 5.69. The van der Waals surface area contributed by atoms with Crippen molar-refractivity contribution in [2.24, 2.45) is 0 Å². The van der Waals surface area contributed by atoms with E-state index < -0.39 is 0 Å². The van der Waals surface area contributed by atoms with Crippen molar-refractivity contribution in [1.82, 2.24) is 19.9 Å². The molecule has 0 atom stereocenters.